The number of carbonyl (C=O) groups is 1. The lowest BCUT2D eigenvalue weighted by Gasteiger charge is -2.10. The monoisotopic (exact) mass is 470 g/mol. The Morgan fingerprint density at radius 2 is 1.78 bits per heavy atom. The van der Waals surface area contributed by atoms with Gasteiger partial charge in [0.2, 0.25) is 10.9 Å². The number of benzene rings is 2. The predicted octanol–water partition coefficient (Wildman–Crippen LogP) is 3.89. The fraction of sp³-hybridized carbons (Fsp3) is 0.227. The third kappa shape index (κ3) is 4.66. The summed E-state index contributed by atoms with van der Waals surface area (Å²) in [6, 6.07) is 13.2. The zero-order valence-corrected chi connectivity index (χ0v) is 19.5. The van der Waals surface area contributed by atoms with Crippen molar-refractivity contribution in [1.82, 2.24) is 19.9 Å². The number of hydrogen-bond donors (Lipinski definition) is 1. The van der Waals surface area contributed by atoms with Gasteiger partial charge in [0.25, 0.3) is 0 Å². The second-order valence-electron chi connectivity index (χ2n) is 6.70. The number of hydrogen-bond acceptors (Lipinski definition) is 8. The molecule has 0 spiro atoms. The molecule has 32 heavy (non-hydrogen) atoms. The standard InChI is InChI=1S/C22H22N4O4S2/c1-28-15-6-4-14(5-7-15)11-23-20(27)13-32-22-25-24-21-26(22)18(12-31-21)17-10-16(29-2)8-9-19(17)30-3/h4-10,12H,11,13H2,1-3H3,(H,23,27). The molecule has 0 aliphatic carbocycles. The Hall–Kier alpha value is -3.24. The average molecular weight is 471 g/mol. The molecule has 2 heterocycles. The number of carbonyl (C=O) groups excluding carboxylic acids is 1. The maximum atomic E-state index is 12.4. The fourth-order valence-electron chi connectivity index (χ4n) is 3.12. The molecule has 0 unspecified atom stereocenters. The van der Waals surface area contributed by atoms with Crippen molar-refractivity contribution in [2.75, 3.05) is 27.1 Å². The number of aromatic nitrogens is 3. The largest absolute Gasteiger partial charge is 0.497 e. The van der Waals surface area contributed by atoms with E-state index in [0.29, 0.717) is 17.5 Å². The van der Waals surface area contributed by atoms with E-state index in [4.69, 9.17) is 14.2 Å². The van der Waals surface area contributed by atoms with E-state index in [1.807, 2.05) is 52.2 Å². The fourth-order valence-corrected chi connectivity index (χ4v) is 4.78. The summed E-state index contributed by atoms with van der Waals surface area (Å²) in [7, 11) is 4.88. The molecule has 8 nitrogen and oxygen atoms in total. The molecule has 0 aliphatic heterocycles. The second-order valence-corrected chi connectivity index (χ2v) is 8.48. The number of thiazole rings is 1. The van der Waals surface area contributed by atoms with Crippen molar-refractivity contribution in [3.8, 4) is 28.5 Å². The second kappa shape index (κ2) is 9.92. The first-order valence-corrected chi connectivity index (χ1v) is 11.6. The number of thioether (sulfide) groups is 1. The molecule has 1 amide bonds. The first-order chi connectivity index (χ1) is 15.6. The Balaban J connectivity index is 1.47. The van der Waals surface area contributed by atoms with Crippen molar-refractivity contribution in [2.45, 2.75) is 11.7 Å². The zero-order valence-electron chi connectivity index (χ0n) is 17.8. The highest BCUT2D eigenvalue weighted by molar-refractivity contribution is 7.99. The molecule has 4 aromatic rings. The summed E-state index contributed by atoms with van der Waals surface area (Å²) in [6.07, 6.45) is 0. The van der Waals surface area contributed by atoms with Crippen LogP contribution in [0.2, 0.25) is 0 Å². The molecule has 1 N–H and O–H groups in total. The molecule has 2 aromatic heterocycles. The van der Waals surface area contributed by atoms with E-state index >= 15 is 0 Å². The molecule has 0 fully saturated rings. The summed E-state index contributed by atoms with van der Waals surface area (Å²) in [5, 5.41) is 14.1. The highest BCUT2D eigenvalue weighted by atomic mass is 32.2. The van der Waals surface area contributed by atoms with Gasteiger partial charge in [-0.2, -0.15) is 0 Å². The van der Waals surface area contributed by atoms with Crippen LogP contribution in [0, 0.1) is 0 Å². The van der Waals surface area contributed by atoms with Crippen molar-refractivity contribution in [3.05, 3.63) is 53.4 Å². The van der Waals surface area contributed by atoms with Gasteiger partial charge in [-0.05, 0) is 35.9 Å². The van der Waals surface area contributed by atoms with E-state index in [2.05, 4.69) is 15.5 Å². The number of nitrogens with one attached hydrogen (secondary N) is 1. The van der Waals surface area contributed by atoms with Gasteiger partial charge >= 0.3 is 0 Å². The van der Waals surface area contributed by atoms with Crippen LogP contribution in [0.3, 0.4) is 0 Å². The van der Waals surface area contributed by atoms with Crippen molar-refractivity contribution in [3.63, 3.8) is 0 Å². The Labute approximate surface area is 193 Å². The van der Waals surface area contributed by atoms with E-state index < -0.39 is 0 Å². The van der Waals surface area contributed by atoms with Crippen LogP contribution < -0.4 is 19.5 Å². The normalized spacial score (nSPS) is 10.8. The van der Waals surface area contributed by atoms with Crippen LogP contribution in [0.1, 0.15) is 5.56 Å². The van der Waals surface area contributed by atoms with E-state index in [-0.39, 0.29) is 11.7 Å². The molecular weight excluding hydrogens is 448 g/mol. The number of ether oxygens (including phenoxy) is 3. The molecule has 0 radical (unpaired) electrons. The van der Waals surface area contributed by atoms with Crippen LogP contribution in [0.4, 0.5) is 0 Å². The summed E-state index contributed by atoms with van der Waals surface area (Å²) in [4.78, 5) is 13.1. The Morgan fingerprint density at radius 1 is 1.03 bits per heavy atom. The summed E-state index contributed by atoms with van der Waals surface area (Å²) in [5.41, 5.74) is 2.75. The van der Waals surface area contributed by atoms with Gasteiger partial charge in [-0.25, -0.2) is 0 Å². The van der Waals surface area contributed by atoms with Crippen LogP contribution in [0.25, 0.3) is 16.2 Å². The smallest absolute Gasteiger partial charge is 0.230 e. The predicted molar refractivity (Wildman–Crippen MR) is 125 cm³/mol. The van der Waals surface area contributed by atoms with Crippen LogP contribution in [-0.2, 0) is 11.3 Å². The molecule has 166 valence electrons. The third-order valence-electron chi connectivity index (χ3n) is 4.78. The summed E-state index contributed by atoms with van der Waals surface area (Å²) < 4.78 is 18.0. The van der Waals surface area contributed by atoms with Gasteiger partial charge in [0.1, 0.15) is 17.2 Å². The van der Waals surface area contributed by atoms with E-state index in [1.54, 1.807) is 21.3 Å². The minimum absolute atomic E-state index is 0.0849. The molecule has 0 saturated heterocycles. The molecule has 0 atom stereocenters. The van der Waals surface area contributed by atoms with Crippen LogP contribution >= 0.6 is 23.1 Å². The number of nitrogens with zero attached hydrogens (tertiary/aromatic N) is 3. The molecular formula is C22H22N4O4S2. The maximum absolute atomic E-state index is 12.4. The number of amides is 1. The van der Waals surface area contributed by atoms with Crippen molar-refractivity contribution in [1.29, 1.82) is 0 Å². The van der Waals surface area contributed by atoms with Gasteiger partial charge in [-0.15, -0.1) is 21.5 Å². The number of rotatable bonds is 9. The quantitative estimate of drug-likeness (QED) is 0.371. The maximum Gasteiger partial charge on any atom is 0.230 e. The van der Waals surface area contributed by atoms with Crippen molar-refractivity contribution >= 4 is 34.0 Å². The first-order valence-electron chi connectivity index (χ1n) is 9.70. The SMILES string of the molecule is COc1ccc(CNC(=O)CSc2nnc3scc(-c4cc(OC)ccc4OC)n23)cc1. The third-order valence-corrected chi connectivity index (χ3v) is 6.53. The lowest BCUT2D eigenvalue weighted by atomic mass is 10.1. The van der Waals surface area contributed by atoms with E-state index in [1.165, 1.54) is 23.1 Å². The van der Waals surface area contributed by atoms with Crippen LogP contribution in [0.5, 0.6) is 17.2 Å². The van der Waals surface area contributed by atoms with Crippen molar-refractivity contribution in [2.24, 2.45) is 0 Å². The zero-order chi connectivity index (χ0) is 22.5. The highest BCUT2D eigenvalue weighted by Crippen LogP contribution is 2.37. The lowest BCUT2D eigenvalue weighted by Crippen LogP contribution is -2.24. The highest BCUT2D eigenvalue weighted by Gasteiger charge is 2.18. The minimum Gasteiger partial charge on any atom is -0.497 e. The van der Waals surface area contributed by atoms with E-state index in [0.717, 1.165) is 33.3 Å². The molecule has 2 aromatic carbocycles. The summed E-state index contributed by atoms with van der Waals surface area (Å²) >= 11 is 2.81. The Bertz CT molecular complexity index is 1220. The first kappa shape index (κ1) is 22.0. The van der Waals surface area contributed by atoms with E-state index in [9.17, 15) is 4.79 Å². The van der Waals surface area contributed by atoms with Crippen LogP contribution in [0.15, 0.2) is 53.0 Å². The number of methoxy groups -OCH3 is 3. The molecule has 0 bridgehead atoms. The van der Waals surface area contributed by atoms with Gasteiger partial charge in [0.05, 0.1) is 32.8 Å². The molecule has 4 rings (SSSR count). The minimum atomic E-state index is -0.0849. The summed E-state index contributed by atoms with van der Waals surface area (Å²) in [6.45, 7) is 0.448. The Kier molecular flexibility index (Phi) is 6.81. The molecule has 0 saturated carbocycles. The van der Waals surface area contributed by atoms with Gasteiger partial charge in [0, 0.05) is 17.5 Å². The van der Waals surface area contributed by atoms with Gasteiger partial charge < -0.3 is 19.5 Å². The topological polar surface area (TPSA) is 87.0 Å². The Morgan fingerprint density at radius 3 is 2.50 bits per heavy atom. The van der Waals surface area contributed by atoms with Gasteiger partial charge in [-0.3, -0.25) is 9.20 Å². The summed E-state index contributed by atoms with van der Waals surface area (Å²) in [5.74, 6) is 2.36. The van der Waals surface area contributed by atoms with Gasteiger partial charge in [0.15, 0.2) is 5.16 Å². The number of fused-ring (bicyclic) bond motifs is 1. The lowest BCUT2D eigenvalue weighted by molar-refractivity contribution is -0.118. The van der Waals surface area contributed by atoms with Crippen molar-refractivity contribution < 1.29 is 19.0 Å². The van der Waals surface area contributed by atoms with Gasteiger partial charge in [-0.1, -0.05) is 23.9 Å². The molecule has 10 heteroatoms. The van der Waals surface area contributed by atoms with Crippen LogP contribution in [-0.4, -0.2) is 47.6 Å². The average Bonchev–Trinajstić information content (AvgIpc) is 3.44. The molecule has 0 aliphatic rings.